The number of aromatic nitrogens is 13. The standard InChI is InChI=1S/C47H59N17O2/c1-29-5-7-32(8-6-29)51-44-25-40(54-47(56-44)63-15-19-66-20-16-63)39-23-41-36(28-48-39)38(59-60(41)3)22-34-27-50-64(58-34)35-11-9-33(10-12-35)52-43-24-37(53-46(55-43)62-13-17-65-18-14-62)31-21-42-45(49-26-31)30(2)57-61(42)4/h21,23-29,32-33,35H,5-20,22H2,1-4H3,(H,51,54,56)(H,52,53,55). The van der Waals surface area contributed by atoms with Crippen molar-refractivity contribution in [3.63, 3.8) is 0 Å². The molecule has 9 heterocycles. The lowest BCUT2D eigenvalue weighted by Crippen LogP contribution is -2.37. The van der Waals surface area contributed by atoms with Crippen molar-refractivity contribution in [2.24, 2.45) is 20.0 Å². The molecule has 0 bridgehead atoms. The summed E-state index contributed by atoms with van der Waals surface area (Å²) >= 11 is 0. The van der Waals surface area contributed by atoms with Gasteiger partial charge in [0.15, 0.2) is 0 Å². The largest absolute Gasteiger partial charge is 0.378 e. The molecule has 2 N–H and O–H groups in total. The summed E-state index contributed by atoms with van der Waals surface area (Å²) in [6, 6.07) is 9.18. The molecular formula is C47H59N17O2. The number of anilines is 4. The van der Waals surface area contributed by atoms with Gasteiger partial charge in [0.1, 0.15) is 17.2 Å². The minimum absolute atomic E-state index is 0.211. The number of pyridine rings is 2. The minimum Gasteiger partial charge on any atom is -0.378 e. The van der Waals surface area contributed by atoms with E-state index >= 15 is 0 Å². The summed E-state index contributed by atoms with van der Waals surface area (Å²) < 4.78 is 15.1. The lowest BCUT2D eigenvalue weighted by atomic mass is 9.87. The first-order chi connectivity index (χ1) is 32.3. The monoisotopic (exact) mass is 894 g/mol. The van der Waals surface area contributed by atoms with E-state index in [4.69, 9.17) is 54.7 Å². The number of morpholine rings is 2. The van der Waals surface area contributed by atoms with Gasteiger partial charge in [0.25, 0.3) is 0 Å². The minimum atomic E-state index is 0.211. The number of rotatable bonds is 11. The van der Waals surface area contributed by atoms with Gasteiger partial charge in [-0.3, -0.25) is 19.3 Å². The molecule has 11 rings (SSSR count). The third-order valence-corrected chi connectivity index (χ3v) is 13.9. The van der Waals surface area contributed by atoms with E-state index in [1.807, 2.05) is 65.9 Å². The van der Waals surface area contributed by atoms with Gasteiger partial charge < -0.3 is 29.9 Å². The molecule has 19 heteroatoms. The van der Waals surface area contributed by atoms with Crippen LogP contribution in [-0.4, -0.2) is 129 Å². The Labute approximate surface area is 383 Å². The van der Waals surface area contributed by atoms with Crippen molar-refractivity contribution in [1.29, 1.82) is 0 Å². The topological polar surface area (TPSA) is 193 Å². The molecule has 2 aliphatic carbocycles. The molecule has 4 aliphatic rings. The second kappa shape index (κ2) is 18.1. The van der Waals surface area contributed by atoms with Crippen LogP contribution in [0.2, 0.25) is 0 Å². The van der Waals surface area contributed by atoms with Crippen LogP contribution in [0.3, 0.4) is 0 Å². The van der Waals surface area contributed by atoms with E-state index in [1.165, 1.54) is 12.8 Å². The molecule has 7 aromatic heterocycles. The number of hydrogen-bond acceptors (Lipinski definition) is 16. The van der Waals surface area contributed by atoms with Gasteiger partial charge in [-0.2, -0.15) is 35.2 Å². The molecule has 7 aromatic rings. The fourth-order valence-electron chi connectivity index (χ4n) is 10.1. The summed E-state index contributed by atoms with van der Waals surface area (Å²) in [6.45, 7) is 9.99. The highest BCUT2D eigenvalue weighted by Gasteiger charge is 2.27. The van der Waals surface area contributed by atoms with Crippen molar-refractivity contribution >= 4 is 45.5 Å². The second-order valence-electron chi connectivity index (χ2n) is 18.6. The zero-order valence-electron chi connectivity index (χ0n) is 38.4. The summed E-state index contributed by atoms with van der Waals surface area (Å²) in [7, 11) is 3.94. The Kier molecular flexibility index (Phi) is 11.6. The van der Waals surface area contributed by atoms with Crippen LogP contribution < -0.4 is 20.4 Å². The predicted octanol–water partition coefficient (Wildman–Crippen LogP) is 5.91. The van der Waals surface area contributed by atoms with Crippen LogP contribution in [0.1, 0.15) is 81.4 Å². The highest BCUT2D eigenvalue weighted by molar-refractivity contribution is 5.85. The molecule has 0 amide bonds. The molecule has 19 nitrogen and oxygen atoms in total. The molecule has 2 aliphatic heterocycles. The van der Waals surface area contributed by atoms with E-state index in [2.05, 4.69) is 44.6 Å². The molecule has 0 spiro atoms. The average molecular weight is 894 g/mol. The first-order valence-electron chi connectivity index (χ1n) is 23.8. The van der Waals surface area contributed by atoms with Crippen LogP contribution in [0, 0.1) is 12.8 Å². The van der Waals surface area contributed by atoms with Gasteiger partial charge in [-0.25, -0.2) is 9.97 Å². The van der Waals surface area contributed by atoms with E-state index < -0.39 is 0 Å². The lowest BCUT2D eigenvalue weighted by molar-refractivity contribution is 0.122. The third kappa shape index (κ3) is 8.85. The van der Waals surface area contributed by atoms with Gasteiger partial charge in [0.05, 0.1) is 83.9 Å². The molecule has 0 unspecified atom stereocenters. The van der Waals surface area contributed by atoms with E-state index in [0.717, 1.165) is 144 Å². The van der Waals surface area contributed by atoms with Crippen LogP contribution in [0.4, 0.5) is 23.5 Å². The summed E-state index contributed by atoms with van der Waals surface area (Å²) in [6.07, 6.45) is 14.9. The smallest absolute Gasteiger partial charge is 0.228 e. The summed E-state index contributed by atoms with van der Waals surface area (Å²) in [4.78, 5) is 36.2. The number of hydrogen-bond donors (Lipinski definition) is 2. The highest BCUT2D eigenvalue weighted by Crippen LogP contribution is 2.33. The molecule has 0 radical (unpaired) electrons. The summed E-state index contributed by atoms with van der Waals surface area (Å²) in [5.41, 5.74) is 8.93. The number of aryl methyl sites for hydroxylation is 3. The molecule has 344 valence electrons. The van der Waals surface area contributed by atoms with E-state index in [1.54, 1.807) is 0 Å². The lowest BCUT2D eigenvalue weighted by Gasteiger charge is -2.30. The van der Waals surface area contributed by atoms with Crippen LogP contribution in [0.5, 0.6) is 0 Å². The number of ether oxygens (including phenoxy) is 2. The average Bonchev–Trinajstić information content (AvgIpc) is 4.04. The van der Waals surface area contributed by atoms with Crippen molar-refractivity contribution < 1.29 is 9.47 Å². The number of fused-ring (bicyclic) bond motifs is 2. The van der Waals surface area contributed by atoms with E-state index in [0.29, 0.717) is 50.8 Å². The van der Waals surface area contributed by atoms with Crippen LogP contribution in [-0.2, 0) is 30.0 Å². The fourth-order valence-corrected chi connectivity index (χ4v) is 10.1. The number of nitrogens with zero attached hydrogens (tertiary/aromatic N) is 15. The molecular weight excluding hydrogens is 835 g/mol. The first kappa shape index (κ1) is 42.3. The maximum atomic E-state index is 5.64. The predicted molar refractivity (Wildman–Crippen MR) is 253 cm³/mol. The maximum absolute atomic E-state index is 5.64. The molecule has 4 fully saturated rings. The molecule has 0 atom stereocenters. The quantitative estimate of drug-likeness (QED) is 0.156. The van der Waals surface area contributed by atoms with Gasteiger partial charge in [0, 0.05) is 94.3 Å². The van der Waals surface area contributed by atoms with Crippen molar-refractivity contribution in [1.82, 2.24) is 64.5 Å². The zero-order valence-corrected chi connectivity index (χ0v) is 38.4. The maximum Gasteiger partial charge on any atom is 0.228 e. The SMILES string of the molecule is Cc1nn(C)c2cc(-c3cc(NC4CCC(n5ncc(Cc6nn(C)c7cc(-c8cc(NC9CCC(C)CC9)nc(N9CCOCC9)n8)ncc67)n5)CC4)nc(N4CCOCC4)n3)cnc12. The fraction of sp³-hybridized carbons (Fsp3) is 0.532. The Morgan fingerprint density at radius 3 is 1.92 bits per heavy atom. The van der Waals surface area contributed by atoms with Crippen molar-refractivity contribution in [3.8, 4) is 22.6 Å². The van der Waals surface area contributed by atoms with Gasteiger partial charge in [-0.1, -0.05) is 6.92 Å². The Hall–Kier alpha value is -6.34. The zero-order chi connectivity index (χ0) is 44.7. The van der Waals surface area contributed by atoms with Crippen molar-refractivity contribution in [3.05, 3.63) is 59.9 Å². The molecule has 0 aromatic carbocycles. The molecule has 2 saturated carbocycles. The normalized spacial score (nSPS) is 21.8. The first-order valence-corrected chi connectivity index (χ1v) is 23.8. The third-order valence-electron chi connectivity index (χ3n) is 13.9. The Balaban J connectivity index is 0.767. The van der Waals surface area contributed by atoms with Crippen LogP contribution >= 0.6 is 0 Å². The van der Waals surface area contributed by atoms with Gasteiger partial charge in [0.2, 0.25) is 11.9 Å². The van der Waals surface area contributed by atoms with Crippen LogP contribution in [0.25, 0.3) is 44.6 Å². The summed E-state index contributed by atoms with van der Waals surface area (Å²) in [5, 5.41) is 27.8. The molecule has 66 heavy (non-hydrogen) atoms. The Morgan fingerprint density at radius 1 is 0.621 bits per heavy atom. The Bertz CT molecular complexity index is 2830. The Morgan fingerprint density at radius 2 is 1.24 bits per heavy atom. The summed E-state index contributed by atoms with van der Waals surface area (Å²) in [5.74, 6) is 3.86. The van der Waals surface area contributed by atoms with Crippen molar-refractivity contribution in [2.45, 2.75) is 89.8 Å². The van der Waals surface area contributed by atoms with E-state index in [9.17, 15) is 0 Å². The van der Waals surface area contributed by atoms with Gasteiger partial charge in [-0.05, 0) is 76.3 Å². The van der Waals surface area contributed by atoms with Crippen LogP contribution in [0.15, 0.2) is 42.9 Å². The number of nitrogens with one attached hydrogen (secondary N) is 2. The highest BCUT2D eigenvalue weighted by atomic mass is 16.5. The second-order valence-corrected chi connectivity index (χ2v) is 18.6. The molecule has 2 saturated heterocycles. The van der Waals surface area contributed by atoms with Gasteiger partial charge >= 0.3 is 0 Å². The van der Waals surface area contributed by atoms with E-state index in [-0.39, 0.29) is 12.1 Å². The van der Waals surface area contributed by atoms with Crippen molar-refractivity contribution in [2.75, 3.05) is 73.0 Å². The van der Waals surface area contributed by atoms with Gasteiger partial charge in [-0.15, -0.1) is 0 Å².